The minimum absolute atomic E-state index is 0. The average Bonchev–Trinajstić information content (AvgIpc) is 3.11. The molecule has 0 aromatic carbocycles. The first-order valence-electron chi connectivity index (χ1n) is 8.49. The second-order valence-electron chi connectivity index (χ2n) is 6.10. The number of nitrogens with one attached hydrogen (secondary N) is 2. The topological polar surface area (TPSA) is 83.0 Å². The molecule has 0 bridgehead atoms. The van der Waals surface area contributed by atoms with Gasteiger partial charge in [-0.05, 0) is 30.4 Å². The molecule has 0 atom stereocenters. The highest BCUT2D eigenvalue weighted by Crippen LogP contribution is 2.24. The van der Waals surface area contributed by atoms with Gasteiger partial charge in [-0.15, -0.1) is 35.3 Å². The van der Waals surface area contributed by atoms with Crippen molar-refractivity contribution in [3.63, 3.8) is 0 Å². The Balaban J connectivity index is 0.00000338. The lowest BCUT2D eigenvalue weighted by Gasteiger charge is -2.33. The third-order valence-corrected chi connectivity index (χ3v) is 5.85. The normalized spacial score (nSPS) is 16.2. The lowest BCUT2D eigenvalue weighted by atomic mass is 10.1. The van der Waals surface area contributed by atoms with E-state index in [1.54, 1.807) is 18.4 Å². The summed E-state index contributed by atoms with van der Waals surface area (Å²) in [5, 5.41) is 10.1. The molecule has 0 radical (unpaired) electrons. The molecule has 1 fully saturated rings. The monoisotopic (exact) mass is 516 g/mol. The molecule has 0 saturated carbocycles. The number of aliphatic imine (C=N–C) groups is 1. The molecule has 2 heterocycles. The van der Waals surface area contributed by atoms with Crippen molar-refractivity contribution in [3.05, 3.63) is 17.5 Å². The van der Waals surface area contributed by atoms with Crippen LogP contribution in [0.25, 0.3) is 0 Å². The van der Waals surface area contributed by atoms with Gasteiger partial charge in [0, 0.05) is 39.0 Å². The fourth-order valence-corrected chi connectivity index (χ4v) is 3.84. The highest BCUT2D eigenvalue weighted by atomic mass is 127. The maximum Gasteiger partial charge on any atom is 0.191 e. The number of piperidine rings is 1. The maximum absolute atomic E-state index is 11.0. The summed E-state index contributed by atoms with van der Waals surface area (Å²) in [7, 11) is -1.21. The fraction of sp³-hybridized carbons (Fsp3) is 0.688. The molecule has 2 rings (SSSR count). The first kappa shape index (κ1) is 23.4. The van der Waals surface area contributed by atoms with Gasteiger partial charge in [0.05, 0.1) is 24.0 Å². The van der Waals surface area contributed by atoms with Crippen molar-refractivity contribution in [1.82, 2.24) is 10.6 Å². The number of sulfone groups is 1. The van der Waals surface area contributed by atoms with E-state index in [9.17, 15) is 8.42 Å². The number of ether oxygens (including phenoxy) is 1. The first-order valence-corrected chi connectivity index (χ1v) is 11.4. The summed E-state index contributed by atoms with van der Waals surface area (Å²) < 4.78 is 27.3. The molecule has 0 spiro atoms. The third kappa shape index (κ3) is 8.87. The van der Waals surface area contributed by atoms with Crippen molar-refractivity contribution >= 4 is 56.1 Å². The Bertz CT molecular complexity index is 630. The van der Waals surface area contributed by atoms with E-state index in [4.69, 9.17) is 4.74 Å². The molecule has 1 saturated heterocycles. The second kappa shape index (κ2) is 12.0. The Kier molecular flexibility index (Phi) is 10.8. The minimum atomic E-state index is -2.96. The number of guanidine groups is 1. The SMILES string of the molecule is CN=C(NCCOCCS(C)(=O)=O)NC1CCN(c2cccs2)CC1.I. The van der Waals surface area contributed by atoms with Crippen LogP contribution in [0.4, 0.5) is 5.00 Å². The summed E-state index contributed by atoms with van der Waals surface area (Å²) in [6, 6.07) is 4.67. The van der Waals surface area contributed by atoms with Gasteiger partial charge in [-0.25, -0.2) is 8.42 Å². The van der Waals surface area contributed by atoms with Crippen LogP contribution in [0, 0.1) is 0 Å². The van der Waals surface area contributed by atoms with Gasteiger partial charge in [0.25, 0.3) is 0 Å². The van der Waals surface area contributed by atoms with Crippen molar-refractivity contribution in [2.75, 3.05) is 56.8 Å². The van der Waals surface area contributed by atoms with E-state index in [1.165, 1.54) is 11.3 Å². The van der Waals surface area contributed by atoms with Crippen molar-refractivity contribution in [2.45, 2.75) is 18.9 Å². The van der Waals surface area contributed by atoms with Gasteiger partial charge in [-0.1, -0.05) is 0 Å². The van der Waals surface area contributed by atoms with E-state index in [0.717, 1.165) is 31.9 Å². The van der Waals surface area contributed by atoms with E-state index in [2.05, 4.69) is 38.0 Å². The van der Waals surface area contributed by atoms with Crippen molar-refractivity contribution in [1.29, 1.82) is 0 Å². The highest BCUT2D eigenvalue weighted by Gasteiger charge is 2.20. The van der Waals surface area contributed by atoms with E-state index < -0.39 is 9.84 Å². The molecule has 150 valence electrons. The number of anilines is 1. The summed E-state index contributed by atoms with van der Waals surface area (Å²) in [6.45, 7) is 3.37. The van der Waals surface area contributed by atoms with Crippen LogP contribution >= 0.6 is 35.3 Å². The molecule has 2 N–H and O–H groups in total. The predicted molar refractivity (Wildman–Crippen MR) is 120 cm³/mol. The van der Waals surface area contributed by atoms with Gasteiger partial charge < -0.3 is 20.3 Å². The minimum Gasteiger partial charge on any atom is -0.379 e. The summed E-state index contributed by atoms with van der Waals surface area (Å²) in [6.07, 6.45) is 3.36. The second-order valence-corrected chi connectivity index (χ2v) is 9.28. The zero-order chi connectivity index (χ0) is 18.1. The molecule has 0 unspecified atom stereocenters. The third-order valence-electron chi connectivity index (χ3n) is 4.01. The van der Waals surface area contributed by atoms with Crippen LogP contribution in [-0.4, -0.2) is 72.3 Å². The molecule has 10 heteroatoms. The first-order chi connectivity index (χ1) is 12.0. The van der Waals surface area contributed by atoms with Crippen LogP contribution in [0.15, 0.2) is 22.5 Å². The molecule has 1 aliphatic rings. The molecule has 1 aromatic rings. The van der Waals surface area contributed by atoms with E-state index >= 15 is 0 Å². The number of nitrogens with zero attached hydrogens (tertiary/aromatic N) is 2. The van der Waals surface area contributed by atoms with Gasteiger partial charge in [0.1, 0.15) is 9.84 Å². The Morgan fingerprint density at radius 2 is 2.12 bits per heavy atom. The van der Waals surface area contributed by atoms with Crippen LogP contribution in [0.1, 0.15) is 12.8 Å². The van der Waals surface area contributed by atoms with Crippen LogP contribution < -0.4 is 15.5 Å². The quantitative estimate of drug-likeness (QED) is 0.236. The zero-order valence-corrected chi connectivity index (χ0v) is 19.3. The van der Waals surface area contributed by atoms with Gasteiger partial charge in [0.15, 0.2) is 5.96 Å². The Morgan fingerprint density at radius 1 is 1.38 bits per heavy atom. The summed E-state index contributed by atoms with van der Waals surface area (Å²) in [5.41, 5.74) is 0. The van der Waals surface area contributed by atoms with E-state index in [-0.39, 0.29) is 36.3 Å². The fourth-order valence-electron chi connectivity index (χ4n) is 2.64. The highest BCUT2D eigenvalue weighted by molar-refractivity contribution is 14.0. The predicted octanol–water partition coefficient (Wildman–Crippen LogP) is 1.56. The average molecular weight is 516 g/mol. The number of rotatable bonds is 8. The van der Waals surface area contributed by atoms with Crippen LogP contribution in [0.3, 0.4) is 0 Å². The summed E-state index contributed by atoms with van der Waals surface area (Å²) in [4.78, 5) is 6.66. The van der Waals surface area contributed by atoms with Crippen LogP contribution in [0.2, 0.25) is 0 Å². The number of halogens is 1. The van der Waals surface area contributed by atoms with Crippen molar-refractivity contribution in [2.24, 2.45) is 4.99 Å². The molecule has 0 aliphatic carbocycles. The summed E-state index contributed by atoms with van der Waals surface area (Å²) in [5.74, 6) is 0.823. The molecule has 1 aliphatic heterocycles. The Morgan fingerprint density at radius 3 is 2.69 bits per heavy atom. The smallest absolute Gasteiger partial charge is 0.191 e. The number of thiophene rings is 1. The Hall–Kier alpha value is -0.590. The largest absolute Gasteiger partial charge is 0.379 e. The van der Waals surface area contributed by atoms with Gasteiger partial charge >= 0.3 is 0 Å². The summed E-state index contributed by atoms with van der Waals surface area (Å²) >= 11 is 1.79. The zero-order valence-electron chi connectivity index (χ0n) is 15.3. The molecule has 7 nitrogen and oxygen atoms in total. The maximum atomic E-state index is 11.0. The van der Waals surface area contributed by atoms with Crippen LogP contribution in [0.5, 0.6) is 0 Å². The molecular weight excluding hydrogens is 487 g/mol. The van der Waals surface area contributed by atoms with Crippen LogP contribution in [-0.2, 0) is 14.6 Å². The number of hydrogen-bond donors (Lipinski definition) is 2. The van der Waals surface area contributed by atoms with Crippen molar-refractivity contribution < 1.29 is 13.2 Å². The van der Waals surface area contributed by atoms with E-state index in [0.29, 0.717) is 19.2 Å². The molecule has 0 amide bonds. The Labute approximate surface area is 177 Å². The standard InChI is InChI=1S/C16H28N4O3S2.HI/c1-17-16(18-7-10-23-11-13-25(2,21)22)19-14-5-8-20(9-6-14)15-4-3-12-24-15;/h3-4,12,14H,5-11,13H2,1-2H3,(H2,17,18,19);1H. The molecule has 1 aromatic heterocycles. The number of hydrogen-bond acceptors (Lipinski definition) is 6. The molecular formula is C16H29IN4O3S2. The lowest BCUT2D eigenvalue weighted by molar-refractivity contribution is 0.154. The van der Waals surface area contributed by atoms with Gasteiger partial charge in [-0.3, -0.25) is 4.99 Å². The van der Waals surface area contributed by atoms with Gasteiger partial charge in [-0.2, -0.15) is 0 Å². The van der Waals surface area contributed by atoms with Gasteiger partial charge in [0.2, 0.25) is 0 Å². The lowest BCUT2D eigenvalue weighted by Crippen LogP contribution is -2.49. The van der Waals surface area contributed by atoms with E-state index in [1.807, 2.05) is 0 Å². The molecule has 26 heavy (non-hydrogen) atoms. The van der Waals surface area contributed by atoms with Crippen molar-refractivity contribution in [3.8, 4) is 0 Å².